The summed E-state index contributed by atoms with van der Waals surface area (Å²) in [6.45, 7) is 1.79. The number of aryl methyl sites for hydroxylation is 1. The maximum atomic E-state index is 13.1. The summed E-state index contributed by atoms with van der Waals surface area (Å²) >= 11 is 1.41. The Balaban J connectivity index is 2.37. The topological polar surface area (TPSA) is 33.1 Å². The van der Waals surface area contributed by atoms with Crippen LogP contribution >= 0.6 is 11.3 Å². The van der Waals surface area contributed by atoms with E-state index in [-0.39, 0.29) is 5.82 Å². The number of hydrogen-bond acceptors (Lipinski definition) is 3. The molecule has 0 radical (unpaired) electrons. The molecule has 1 unspecified atom stereocenters. The number of hydrogen-bond donors (Lipinski definition) is 1. The number of nitrogens with zero attached hydrogens (tertiary/aromatic N) is 1. The van der Waals surface area contributed by atoms with Gasteiger partial charge in [-0.15, -0.1) is 11.3 Å². The zero-order valence-corrected chi connectivity index (χ0v) is 8.96. The number of aliphatic hydroxyl groups is 1. The standard InChI is InChI=1S/C11H10FNOS/c1-7-2-8(4-9(12)3-7)11(14)10-5-15-6-13-10/h2-6,11,14H,1H3. The SMILES string of the molecule is Cc1cc(F)cc(C(O)c2cscn2)c1. The molecule has 2 rings (SSSR count). The van der Waals surface area contributed by atoms with E-state index in [1.54, 1.807) is 23.9 Å². The van der Waals surface area contributed by atoms with Gasteiger partial charge in [-0.1, -0.05) is 6.07 Å². The Morgan fingerprint density at radius 3 is 2.80 bits per heavy atom. The minimum absolute atomic E-state index is 0.334. The molecule has 0 aliphatic carbocycles. The molecule has 4 heteroatoms. The molecule has 1 aromatic carbocycles. The monoisotopic (exact) mass is 223 g/mol. The summed E-state index contributed by atoms with van der Waals surface area (Å²) in [5.41, 5.74) is 3.53. The lowest BCUT2D eigenvalue weighted by Crippen LogP contribution is -2.00. The molecule has 0 spiro atoms. The van der Waals surface area contributed by atoms with Crippen molar-refractivity contribution in [1.29, 1.82) is 0 Å². The summed E-state index contributed by atoms with van der Waals surface area (Å²) in [7, 11) is 0. The first-order chi connectivity index (χ1) is 7.16. The van der Waals surface area contributed by atoms with Crippen molar-refractivity contribution in [2.45, 2.75) is 13.0 Å². The Morgan fingerprint density at radius 1 is 1.40 bits per heavy atom. The summed E-state index contributed by atoms with van der Waals surface area (Å²) in [5, 5.41) is 11.7. The highest BCUT2D eigenvalue weighted by atomic mass is 32.1. The number of aliphatic hydroxyl groups excluding tert-OH is 1. The number of benzene rings is 1. The fraction of sp³-hybridized carbons (Fsp3) is 0.182. The minimum Gasteiger partial charge on any atom is -0.382 e. The maximum absolute atomic E-state index is 13.1. The van der Waals surface area contributed by atoms with E-state index in [0.717, 1.165) is 5.56 Å². The van der Waals surface area contributed by atoms with Crippen molar-refractivity contribution in [1.82, 2.24) is 4.98 Å². The third-order valence-electron chi connectivity index (χ3n) is 2.11. The predicted octanol–water partition coefficient (Wildman–Crippen LogP) is 2.67. The van der Waals surface area contributed by atoms with E-state index in [4.69, 9.17) is 0 Å². The molecule has 0 aliphatic rings. The van der Waals surface area contributed by atoms with Gasteiger partial charge in [0.05, 0.1) is 11.2 Å². The lowest BCUT2D eigenvalue weighted by Gasteiger charge is -2.09. The normalized spacial score (nSPS) is 12.7. The zero-order chi connectivity index (χ0) is 10.8. The van der Waals surface area contributed by atoms with Crippen molar-refractivity contribution in [2.24, 2.45) is 0 Å². The molecule has 2 aromatic rings. The van der Waals surface area contributed by atoms with Crippen LogP contribution in [0, 0.1) is 12.7 Å². The molecule has 0 amide bonds. The summed E-state index contributed by atoms with van der Waals surface area (Å²) in [4.78, 5) is 4.00. The van der Waals surface area contributed by atoms with E-state index >= 15 is 0 Å². The van der Waals surface area contributed by atoms with Crippen LogP contribution in [0.15, 0.2) is 29.1 Å². The number of aromatic nitrogens is 1. The molecule has 78 valence electrons. The van der Waals surface area contributed by atoms with Crippen LogP contribution in [0.4, 0.5) is 4.39 Å². The lowest BCUT2D eigenvalue weighted by molar-refractivity contribution is 0.215. The van der Waals surface area contributed by atoms with Crippen molar-refractivity contribution >= 4 is 11.3 Å². The van der Waals surface area contributed by atoms with Crippen LogP contribution < -0.4 is 0 Å². The molecule has 1 aromatic heterocycles. The van der Waals surface area contributed by atoms with Gasteiger partial charge in [-0.25, -0.2) is 9.37 Å². The Kier molecular flexibility index (Phi) is 2.79. The summed E-state index contributed by atoms with van der Waals surface area (Å²) < 4.78 is 13.1. The van der Waals surface area contributed by atoms with Gasteiger partial charge in [-0.2, -0.15) is 0 Å². The van der Waals surface area contributed by atoms with Gasteiger partial charge >= 0.3 is 0 Å². The highest BCUT2D eigenvalue weighted by Gasteiger charge is 2.13. The molecular weight excluding hydrogens is 213 g/mol. The number of thiazole rings is 1. The van der Waals surface area contributed by atoms with Crippen LogP contribution in [0.3, 0.4) is 0 Å². The van der Waals surface area contributed by atoms with Gasteiger partial charge in [0.25, 0.3) is 0 Å². The molecule has 0 aliphatic heterocycles. The third-order valence-corrected chi connectivity index (χ3v) is 2.72. The first kappa shape index (κ1) is 10.3. The number of rotatable bonds is 2. The highest BCUT2D eigenvalue weighted by molar-refractivity contribution is 7.07. The van der Waals surface area contributed by atoms with Crippen molar-refractivity contribution < 1.29 is 9.50 Å². The quantitative estimate of drug-likeness (QED) is 0.849. The summed E-state index contributed by atoms with van der Waals surface area (Å²) in [5.74, 6) is -0.334. The van der Waals surface area contributed by atoms with Gasteiger partial charge in [0.1, 0.15) is 11.9 Å². The molecule has 0 fully saturated rings. The first-order valence-electron chi connectivity index (χ1n) is 4.50. The van der Waals surface area contributed by atoms with Crippen LogP contribution in [0.1, 0.15) is 22.9 Å². The molecule has 2 nitrogen and oxygen atoms in total. The van der Waals surface area contributed by atoms with Crippen molar-refractivity contribution in [3.63, 3.8) is 0 Å². The van der Waals surface area contributed by atoms with E-state index in [1.807, 2.05) is 0 Å². The number of halogens is 1. The summed E-state index contributed by atoms with van der Waals surface area (Å²) in [6.07, 6.45) is -0.842. The predicted molar refractivity (Wildman–Crippen MR) is 57.3 cm³/mol. The second-order valence-electron chi connectivity index (χ2n) is 3.38. The van der Waals surface area contributed by atoms with Gasteiger partial charge in [0.15, 0.2) is 0 Å². The van der Waals surface area contributed by atoms with Crippen LogP contribution in [-0.4, -0.2) is 10.1 Å². The lowest BCUT2D eigenvalue weighted by atomic mass is 10.0. The zero-order valence-electron chi connectivity index (χ0n) is 8.14. The van der Waals surface area contributed by atoms with E-state index < -0.39 is 6.10 Å². The van der Waals surface area contributed by atoms with Gasteiger partial charge < -0.3 is 5.11 Å². The Hall–Kier alpha value is -1.26. The van der Waals surface area contributed by atoms with Crippen LogP contribution in [0.5, 0.6) is 0 Å². The van der Waals surface area contributed by atoms with Crippen LogP contribution in [0.25, 0.3) is 0 Å². The molecular formula is C11H10FNOS. The highest BCUT2D eigenvalue weighted by Crippen LogP contribution is 2.23. The Morgan fingerprint density at radius 2 is 2.20 bits per heavy atom. The molecule has 0 saturated heterocycles. The average Bonchev–Trinajstić information content (AvgIpc) is 2.67. The van der Waals surface area contributed by atoms with Crippen LogP contribution in [0.2, 0.25) is 0 Å². The fourth-order valence-corrected chi connectivity index (χ4v) is 2.02. The van der Waals surface area contributed by atoms with Crippen molar-refractivity contribution in [3.8, 4) is 0 Å². The largest absolute Gasteiger partial charge is 0.382 e. The van der Waals surface area contributed by atoms with E-state index in [9.17, 15) is 9.50 Å². The first-order valence-corrected chi connectivity index (χ1v) is 5.44. The molecule has 1 heterocycles. The van der Waals surface area contributed by atoms with E-state index in [1.165, 1.54) is 23.5 Å². The Bertz CT molecular complexity index is 435. The third kappa shape index (κ3) is 2.22. The molecule has 0 bridgehead atoms. The smallest absolute Gasteiger partial charge is 0.123 e. The van der Waals surface area contributed by atoms with E-state index in [0.29, 0.717) is 11.3 Å². The molecule has 15 heavy (non-hydrogen) atoms. The fourth-order valence-electron chi connectivity index (χ4n) is 1.45. The molecule has 1 N–H and O–H groups in total. The maximum Gasteiger partial charge on any atom is 0.123 e. The van der Waals surface area contributed by atoms with Crippen molar-refractivity contribution in [3.05, 3.63) is 51.7 Å². The van der Waals surface area contributed by atoms with Gasteiger partial charge in [-0.3, -0.25) is 0 Å². The molecule has 0 saturated carbocycles. The van der Waals surface area contributed by atoms with Crippen LogP contribution in [-0.2, 0) is 0 Å². The second kappa shape index (κ2) is 4.08. The average molecular weight is 223 g/mol. The molecule has 1 atom stereocenters. The van der Waals surface area contributed by atoms with Gasteiger partial charge in [-0.05, 0) is 30.2 Å². The van der Waals surface area contributed by atoms with E-state index in [2.05, 4.69) is 4.98 Å². The van der Waals surface area contributed by atoms with Gasteiger partial charge in [0.2, 0.25) is 0 Å². The Labute approximate surface area is 91.0 Å². The second-order valence-corrected chi connectivity index (χ2v) is 4.10. The van der Waals surface area contributed by atoms with Crippen molar-refractivity contribution in [2.75, 3.05) is 0 Å². The van der Waals surface area contributed by atoms with Gasteiger partial charge in [0, 0.05) is 5.38 Å². The minimum atomic E-state index is -0.842. The summed E-state index contributed by atoms with van der Waals surface area (Å²) in [6, 6.07) is 4.52.